The van der Waals surface area contributed by atoms with E-state index in [1.165, 1.54) is 23.1 Å². The zero-order valence-corrected chi connectivity index (χ0v) is 14.6. The molecule has 1 aliphatic heterocycles. The van der Waals surface area contributed by atoms with E-state index in [-0.39, 0.29) is 11.8 Å². The van der Waals surface area contributed by atoms with Crippen molar-refractivity contribution >= 4 is 68.0 Å². The Hall–Kier alpha value is -2.02. The van der Waals surface area contributed by atoms with Gasteiger partial charge >= 0.3 is 0 Å². The molecule has 2 aromatic carbocycles. The van der Waals surface area contributed by atoms with Crippen molar-refractivity contribution in [2.45, 2.75) is 4.90 Å². The summed E-state index contributed by atoms with van der Waals surface area (Å²) in [6.07, 6.45) is 0. The summed E-state index contributed by atoms with van der Waals surface area (Å²) >= 11 is 9.19. The molecule has 1 aliphatic rings. The number of benzene rings is 2. The van der Waals surface area contributed by atoms with Crippen molar-refractivity contribution in [2.24, 2.45) is 0 Å². The van der Waals surface area contributed by atoms with Crippen LogP contribution in [0.2, 0.25) is 5.02 Å². The van der Waals surface area contributed by atoms with E-state index < -0.39 is 0 Å². The highest BCUT2D eigenvalue weighted by Crippen LogP contribution is 2.36. The Morgan fingerprint density at radius 2 is 2.04 bits per heavy atom. The van der Waals surface area contributed by atoms with Gasteiger partial charge in [0, 0.05) is 20.7 Å². The number of thiophene rings is 1. The molecule has 4 nitrogen and oxygen atoms in total. The average molecular weight is 375 g/mol. The topological polar surface area (TPSA) is 58.2 Å². The number of nitrogens with one attached hydrogen (secondary N) is 2. The van der Waals surface area contributed by atoms with Crippen LogP contribution < -0.4 is 10.6 Å². The molecule has 0 aliphatic carbocycles. The molecule has 24 heavy (non-hydrogen) atoms. The lowest BCUT2D eigenvalue weighted by atomic mass is 10.2. The maximum atomic E-state index is 12.6. The van der Waals surface area contributed by atoms with Crippen molar-refractivity contribution in [2.75, 3.05) is 16.4 Å². The molecular formula is C17H11ClN2O2S2. The van der Waals surface area contributed by atoms with Gasteiger partial charge in [0.15, 0.2) is 0 Å². The minimum absolute atomic E-state index is 0.0384. The quantitative estimate of drug-likeness (QED) is 0.674. The molecular weight excluding hydrogens is 364 g/mol. The Morgan fingerprint density at radius 3 is 2.88 bits per heavy atom. The smallest absolute Gasteiger partial charge is 0.267 e. The maximum Gasteiger partial charge on any atom is 0.267 e. The number of carbonyl (C=O) groups excluding carboxylic acids is 2. The number of anilines is 2. The summed E-state index contributed by atoms with van der Waals surface area (Å²) in [6, 6.07) is 13.1. The molecule has 4 rings (SSSR count). The normalized spacial score (nSPS) is 13.5. The third-order valence-electron chi connectivity index (χ3n) is 3.61. The SMILES string of the molecule is O=C1CSc2ccc(NC(=O)c3sc4ccccc4c3Cl)cc2N1. The zero-order chi connectivity index (χ0) is 16.7. The first-order valence-electron chi connectivity index (χ1n) is 7.17. The molecule has 3 aromatic rings. The van der Waals surface area contributed by atoms with Crippen molar-refractivity contribution in [1.29, 1.82) is 0 Å². The minimum atomic E-state index is -0.254. The second-order valence-corrected chi connectivity index (χ2v) is 7.69. The summed E-state index contributed by atoms with van der Waals surface area (Å²) in [6.45, 7) is 0. The molecule has 2 heterocycles. The van der Waals surface area contributed by atoms with Crippen LogP contribution in [0.3, 0.4) is 0 Å². The first-order valence-corrected chi connectivity index (χ1v) is 9.35. The fraction of sp³-hybridized carbons (Fsp3) is 0.0588. The molecule has 0 bridgehead atoms. The molecule has 0 spiro atoms. The summed E-state index contributed by atoms with van der Waals surface area (Å²) < 4.78 is 0.974. The predicted octanol–water partition coefficient (Wildman–Crippen LogP) is 4.85. The third kappa shape index (κ3) is 2.77. The lowest BCUT2D eigenvalue weighted by molar-refractivity contribution is -0.113. The second-order valence-electron chi connectivity index (χ2n) is 5.24. The van der Waals surface area contributed by atoms with E-state index in [0.717, 1.165) is 20.7 Å². The van der Waals surface area contributed by atoms with Gasteiger partial charge in [0.1, 0.15) is 4.88 Å². The Morgan fingerprint density at radius 1 is 1.21 bits per heavy atom. The first kappa shape index (κ1) is 15.5. The van der Waals surface area contributed by atoms with Gasteiger partial charge in [0.05, 0.1) is 16.5 Å². The van der Waals surface area contributed by atoms with E-state index >= 15 is 0 Å². The van der Waals surface area contributed by atoms with E-state index in [4.69, 9.17) is 11.6 Å². The van der Waals surface area contributed by atoms with E-state index in [9.17, 15) is 9.59 Å². The van der Waals surface area contributed by atoms with Gasteiger partial charge in [-0.2, -0.15) is 0 Å². The van der Waals surface area contributed by atoms with Crippen LogP contribution in [0.5, 0.6) is 0 Å². The van der Waals surface area contributed by atoms with Gasteiger partial charge in [0.25, 0.3) is 5.91 Å². The summed E-state index contributed by atoms with van der Waals surface area (Å²) in [5, 5.41) is 7.01. The molecule has 1 aromatic heterocycles. The highest BCUT2D eigenvalue weighted by atomic mass is 35.5. The molecule has 2 N–H and O–H groups in total. The second kappa shape index (κ2) is 6.12. The van der Waals surface area contributed by atoms with Gasteiger partial charge in [0.2, 0.25) is 5.91 Å². The number of thioether (sulfide) groups is 1. The van der Waals surface area contributed by atoms with Gasteiger partial charge in [-0.25, -0.2) is 0 Å². The minimum Gasteiger partial charge on any atom is -0.324 e. The van der Waals surface area contributed by atoms with E-state index in [0.29, 0.717) is 21.3 Å². The predicted molar refractivity (Wildman–Crippen MR) is 101 cm³/mol. The Kier molecular flexibility index (Phi) is 3.96. The first-order chi connectivity index (χ1) is 11.6. The molecule has 0 atom stereocenters. The summed E-state index contributed by atoms with van der Waals surface area (Å²) in [5.41, 5.74) is 1.34. The lowest BCUT2D eigenvalue weighted by Crippen LogP contribution is -2.19. The van der Waals surface area contributed by atoms with Crippen molar-refractivity contribution < 1.29 is 9.59 Å². The third-order valence-corrected chi connectivity index (χ3v) is 6.36. The molecule has 2 amide bonds. The maximum absolute atomic E-state index is 12.6. The molecule has 120 valence electrons. The number of halogens is 1. The van der Waals surface area contributed by atoms with Crippen LogP contribution in [0.4, 0.5) is 11.4 Å². The van der Waals surface area contributed by atoms with E-state index in [1.807, 2.05) is 36.4 Å². The van der Waals surface area contributed by atoms with Gasteiger partial charge in [-0.1, -0.05) is 29.8 Å². The van der Waals surface area contributed by atoms with Crippen LogP contribution in [-0.2, 0) is 4.79 Å². The number of rotatable bonds is 2. The molecule has 0 saturated carbocycles. The largest absolute Gasteiger partial charge is 0.324 e. The van der Waals surface area contributed by atoms with Gasteiger partial charge < -0.3 is 10.6 Å². The van der Waals surface area contributed by atoms with Crippen molar-refractivity contribution in [1.82, 2.24) is 0 Å². The van der Waals surface area contributed by atoms with Crippen LogP contribution in [0.25, 0.3) is 10.1 Å². The molecule has 0 saturated heterocycles. The monoisotopic (exact) mass is 374 g/mol. The fourth-order valence-electron chi connectivity index (χ4n) is 2.51. The lowest BCUT2D eigenvalue weighted by Gasteiger charge is -2.17. The molecule has 0 unspecified atom stereocenters. The van der Waals surface area contributed by atoms with Crippen molar-refractivity contribution in [3.63, 3.8) is 0 Å². The number of fused-ring (bicyclic) bond motifs is 2. The number of amides is 2. The highest BCUT2D eigenvalue weighted by Gasteiger charge is 2.19. The molecule has 0 fully saturated rings. The van der Waals surface area contributed by atoms with Crippen LogP contribution in [0.1, 0.15) is 9.67 Å². The number of hydrogen-bond acceptors (Lipinski definition) is 4. The van der Waals surface area contributed by atoms with Gasteiger partial charge in [-0.15, -0.1) is 23.1 Å². The standard InChI is InChI=1S/C17H11ClN2O2S2/c18-15-10-3-1-2-4-12(10)24-16(15)17(22)19-9-5-6-13-11(7-9)20-14(21)8-23-13/h1-7H,8H2,(H,19,22)(H,20,21). The highest BCUT2D eigenvalue weighted by molar-refractivity contribution is 8.00. The fourth-order valence-corrected chi connectivity index (χ4v) is 4.71. The van der Waals surface area contributed by atoms with Gasteiger partial charge in [-0.3, -0.25) is 9.59 Å². The summed E-state index contributed by atoms with van der Waals surface area (Å²) in [4.78, 5) is 25.5. The molecule has 0 radical (unpaired) electrons. The Balaban J connectivity index is 1.63. The van der Waals surface area contributed by atoms with Crippen LogP contribution in [0.15, 0.2) is 47.4 Å². The van der Waals surface area contributed by atoms with Crippen molar-refractivity contribution in [3.05, 3.63) is 52.4 Å². The zero-order valence-electron chi connectivity index (χ0n) is 12.3. The number of carbonyl (C=O) groups is 2. The summed E-state index contributed by atoms with van der Waals surface area (Å²) in [5.74, 6) is 0.121. The summed E-state index contributed by atoms with van der Waals surface area (Å²) in [7, 11) is 0. The van der Waals surface area contributed by atoms with E-state index in [1.54, 1.807) is 6.07 Å². The number of hydrogen-bond donors (Lipinski definition) is 2. The van der Waals surface area contributed by atoms with Crippen LogP contribution in [-0.4, -0.2) is 17.6 Å². The van der Waals surface area contributed by atoms with Crippen LogP contribution in [0, 0.1) is 0 Å². The Labute approximate surface area is 151 Å². The van der Waals surface area contributed by atoms with Crippen molar-refractivity contribution in [3.8, 4) is 0 Å². The molecule has 7 heteroatoms. The van der Waals surface area contributed by atoms with Gasteiger partial charge in [-0.05, 0) is 24.3 Å². The van der Waals surface area contributed by atoms with Crippen LogP contribution >= 0.6 is 34.7 Å². The van der Waals surface area contributed by atoms with E-state index in [2.05, 4.69) is 10.6 Å². The average Bonchev–Trinajstić information content (AvgIpc) is 2.92. The Bertz CT molecular complexity index is 984.